The number of ether oxygens (including phenoxy) is 3. The van der Waals surface area contributed by atoms with Crippen molar-refractivity contribution >= 4 is 5.91 Å². The Bertz CT molecular complexity index is 1070. The first kappa shape index (κ1) is 20.2. The third-order valence-corrected chi connectivity index (χ3v) is 5.98. The van der Waals surface area contributed by atoms with E-state index in [4.69, 9.17) is 14.2 Å². The molecule has 9 nitrogen and oxygen atoms in total. The molecule has 3 heterocycles. The molecule has 30 heavy (non-hydrogen) atoms. The summed E-state index contributed by atoms with van der Waals surface area (Å²) in [6.45, 7) is 1.55. The molecule has 0 saturated carbocycles. The summed E-state index contributed by atoms with van der Waals surface area (Å²) in [5.41, 5.74) is 0.742. The molecule has 1 spiro atoms. The lowest BCUT2D eigenvalue weighted by Gasteiger charge is -2.45. The minimum Gasteiger partial charge on any atom is -0.493 e. The first-order valence-electron chi connectivity index (χ1n) is 9.92. The Morgan fingerprint density at radius 1 is 1.17 bits per heavy atom. The topological polar surface area (TPSA) is 103 Å². The van der Waals surface area contributed by atoms with Gasteiger partial charge in [0.15, 0.2) is 11.5 Å². The molecule has 1 amide bonds. The van der Waals surface area contributed by atoms with Crippen molar-refractivity contribution < 1.29 is 19.0 Å². The van der Waals surface area contributed by atoms with E-state index in [-0.39, 0.29) is 12.5 Å². The van der Waals surface area contributed by atoms with Crippen molar-refractivity contribution in [2.45, 2.75) is 31.4 Å². The third kappa shape index (κ3) is 3.60. The smallest absolute Gasteiger partial charge is 0.328 e. The molecule has 1 fully saturated rings. The highest BCUT2D eigenvalue weighted by molar-refractivity contribution is 5.76. The molecule has 4 rings (SSSR count). The van der Waals surface area contributed by atoms with Gasteiger partial charge in [-0.1, -0.05) is 0 Å². The number of rotatable bonds is 4. The highest BCUT2D eigenvalue weighted by Crippen LogP contribution is 2.45. The average Bonchev–Trinajstić information content (AvgIpc) is 2.75. The maximum absolute atomic E-state index is 12.7. The fourth-order valence-corrected chi connectivity index (χ4v) is 4.33. The van der Waals surface area contributed by atoms with E-state index in [0.29, 0.717) is 44.0 Å². The number of hydrogen-bond acceptors (Lipinski definition) is 6. The van der Waals surface area contributed by atoms with Crippen molar-refractivity contribution in [3.8, 4) is 11.5 Å². The van der Waals surface area contributed by atoms with Crippen molar-refractivity contribution in [2.24, 2.45) is 0 Å². The molecule has 2 aromatic rings. The van der Waals surface area contributed by atoms with E-state index in [1.54, 1.807) is 19.1 Å². The number of fused-ring (bicyclic) bond motifs is 2. The molecule has 0 bridgehead atoms. The minimum atomic E-state index is -0.588. The van der Waals surface area contributed by atoms with Gasteiger partial charge in [-0.3, -0.25) is 19.1 Å². The quantitative estimate of drug-likeness (QED) is 0.786. The number of nitrogens with zero attached hydrogens (tertiary/aromatic N) is 2. The van der Waals surface area contributed by atoms with Crippen LogP contribution in [0.25, 0.3) is 0 Å². The molecule has 0 radical (unpaired) electrons. The van der Waals surface area contributed by atoms with Gasteiger partial charge in [-0.15, -0.1) is 0 Å². The largest absolute Gasteiger partial charge is 0.493 e. The molecule has 1 aromatic carbocycles. The number of amides is 1. The van der Waals surface area contributed by atoms with Gasteiger partial charge >= 0.3 is 5.69 Å². The van der Waals surface area contributed by atoms with Crippen LogP contribution in [0, 0.1) is 0 Å². The van der Waals surface area contributed by atoms with Crippen molar-refractivity contribution in [1.29, 1.82) is 0 Å². The van der Waals surface area contributed by atoms with Gasteiger partial charge in [0.1, 0.15) is 6.54 Å². The van der Waals surface area contributed by atoms with E-state index < -0.39 is 16.9 Å². The van der Waals surface area contributed by atoms with Gasteiger partial charge in [-0.25, -0.2) is 4.79 Å². The van der Waals surface area contributed by atoms with Crippen LogP contribution < -0.4 is 20.7 Å². The zero-order valence-electron chi connectivity index (χ0n) is 17.1. The second-order valence-electron chi connectivity index (χ2n) is 7.58. The van der Waals surface area contributed by atoms with Gasteiger partial charge in [0.25, 0.3) is 5.56 Å². The van der Waals surface area contributed by atoms with E-state index in [2.05, 4.69) is 4.98 Å². The average molecular weight is 415 g/mol. The Balaban J connectivity index is 1.51. The van der Waals surface area contributed by atoms with Crippen LogP contribution >= 0.6 is 0 Å². The first-order chi connectivity index (χ1) is 14.5. The molecule has 1 saturated heterocycles. The number of nitrogens with one attached hydrogen (secondary N) is 1. The molecule has 160 valence electrons. The molecule has 9 heteroatoms. The molecule has 2 aliphatic heterocycles. The Hall–Kier alpha value is -3.07. The lowest BCUT2D eigenvalue weighted by molar-refractivity contribution is -0.141. The highest BCUT2D eigenvalue weighted by atomic mass is 16.5. The standard InChI is InChI=1S/C21H25N3O6/c1-28-16-11-14-4-10-30-21(15(14)12-17(16)29-2)5-8-23(9-6-21)19(26)13-24-7-3-18(25)22-20(24)27/h3,7,11-12H,4-6,8-10,13H2,1-2H3,(H,22,25,27). The predicted octanol–water partition coefficient (Wildman–Crippen LogP) is 0.644. The second kappa shape index (κ2) is 7.98. The second-order valence-corrected chi connectivity index (χ2v) is 7.58. The number of hydrogen-bond donors (Lipinski definition) is 1. The van der Waals surface area contributed by atoms with Crippen LogP contribution in [0.2, 0.25) is 0 Å². The van der Waals surface area contributed by atoms with Gasteiger partial charge in [0, 0.05) is 25.4 Å². The summed E-state index contributed by atoms with van der Waals surface area (Å²) in [7, 11) is 3.23. The van der Waals surface area contributed by atoms with E-state index >= 15 is 0 Å². The zero-order chi connectivity index (χ0) is 21.3. The minimum absolute atomic E-state index is 0.106. The summed E-state index contributed by atoms with van der Waals surface area (Å²) in [6.07, 6.45) is 3.45. The van der Waals surface area contributed by atoms with E-state index in [1.807, 2.05) is 12.1 Å². The monoisotopic (exact) mass is 415 g/mol. The predicted molar refractivity (Wildman–Crippen MR) is 108 cm³/mol. The fourth-order valence-electron chi connectivity index (χ4n) is 4.33. The number of likely N-dealkylation sites (tertiary alicyclic amines) is 1. The lowest BCUT2D eigenvalue weighted by Crippen LogP contribution is -2.49. The van der Waals surface area contributed by atoms with Gasteiger partial charge < -0.3 is 19.1 Å². The van der Waals surface area contributed by atoms with Crippen molar-refractivity contribution in [3.05, 3.63) is 56.4 Å². The maximum atomic E-state index is 12.7. The number of aromatic nitrogens is 2. The molecular formula is C21H25N3O6. The number of methoxy groups -OCH3 is 2. The van der Waals surface area contributed by atoms with Crippen LogP contribution in [0.5, 0.6) is 11.5 Å². The summed E-state index contributed by atoms with van der Waals surface area (Å²) in [5, 5.41) is 0. The van der Waals surface area contributed by atoms with Gasteiger partial charge in [-0.05, 0) is 42.5 Å². The number of piperidine rings is 1. The molecule has 1 aromatic heterocycles. The number of H-pyrrole nitrogens is 1. The van der Waals surface area contributed by atoms with Crippen LogP contribution in [0.4, 0.5) is 0 Å². The van der Waals surface area contributed by atoms with Crippen molar-refractivity contribution in [1.82, 2.24) is 14.5 Å². The zero-order valence-corrected chi connectivity index (χ0v) is 17.1. The number of carbonyl (C=O) groups is 1. The number of aromatic amines is 1. The summed E-state index contributed by atoms with van der Waals surface area (Å²) >= 11 is 0. The van der Waals surface area contributed by atoms with E-state index in [0.717, 1.165) is 12.0 Å². The Morgan fingerprint density at radius 3 is 2.53 bits per heavy atom. The summed E-state index contributed by atoms with van der Waals surface area (Å²) < 4.78 is 18.4. The highest BCUT2D eigenvalue weighted by Gasteiger charge is 2.42. The summed E-state index contributed by atoms with van der Waals surface area (Å²) in [6, 6.07) is 5.23. The van der Waals surface area contributed by atoms with Crippen LogP contribution in [0.1, 0.15) is 24.0 Å². The van der Waals surface area contributed by atoms with Crippen LogP contribution in [0.3, 0.4) is 0 Å². The Labute approximate surface area is 173 Å². The molecule has 1 N–H and O–H groups in total. The molecule has 0 unspecified atom stereocenters. The number of carbonyl (C=O) groups excluding carboxylic acids is 1. The van der Waals surface area contributed by atoms with Crippen LogP contribution in [-0.4, -0.2) is 54.3 Å². The molecule has 0 aliphatic carbocycles. The van der Waals surface area contributed by atoms with Gasteiger partial charge in [0.2, 0.25) is 5.91 Å². The molecular weight excluding hydrogens is 390 g/mol. The SMILES string of the molecule is COc1cc2c(cc1OC)C1(CCN(C(=O)Cn3ccc(=O)[nH]c3=O)CC1)OCC2. The normalized spacial score (nSPS) is 17.5. The summed E-state index contributed by atoms with van der Waals surface area (Å²) in [5.74, 6) is 1.20. The van der Waals surface area contributed by atoms with Gasteiger partial charge in [0.05, 0.1) is 26.4 Å². The van der Waals surface area contributed by atoms with E-state index in [1.165, 1.54) is 22.4 Å². The maximum Gasteiger partial charge on any atom is 0.328 e. The Morgan fingerprint density at radius 2 is 1.87 bits per heavy atom. The molecule has 0 atom stereocenters. The Kier molecular flexibility index (Phi) is 5.38. The third-order valence-electron chi connectivity index (χ3n) is 5.98. The first-order valence-corrected chi connectivity index (χ1v) is 9.92. The van der Waals surface area contributed by atoms with Crippen molar-refractivity contribution in [3.63, 3.8) is 0 Å². The lowest BCUT2D eigenvalue weighted by atomic mass is 9.79. The summed E-state index contributed by atoms with van der Waals surface area (Å²) in [4.78, 5) is 39.6. The number of benzene rings is 1. The van der Waals surface area contributed by atoms with Crippen LogP contribution in [-0.2, 0) is 28.1 Å². The van der Waals surface area contributed by atoms with E-state index in [9.17, 15) is 14.4 Å². The fraction of sp³-hybridized carbons (Fsp3) is 0.476. The van der Waals surface area contributed by atoms with Gasteiger partial charge in [-0.2, -0.15) is 0 Å². The van der Waals surface area contributed by atoms with Crippen molar-refractivity contribution in [2.75, 3.05) is 33.9 Å². The molecule has 2 aliphatic rings. The van der Waals surface area contributed by atoms with Crippen LogP contribution in [0.15, 0.2) is 34.0 Å².